The molecule has 0 bridgehead atoms. The molecule has 0 saturated carbocycles. The average molecular weight is 357 g/mol. The predicted octanol–water partition coefficient (Wildman–Crippen LogP) is 2.78. The van der Waals surface area contributed by atoms with Crippen molar-refractivity contribution >= 4 is 11.9 Å². The molecule has 1 N–H and O–H groups in total. The quantitative estimate of drug-likeness (QED) is 0.786. The molecule has 0 aliphatic rings. The van der Waals surface area contributed by atoms with Gasteiger partial charge in [0.15, 0.2) is 11.5 Å². The number of rotatable bonds is 8. The second-order valence-electron chi connectivity index (χ2n) is 5.93. The van der Waals surface area contributed by atoms with E-state index in [1.807, 2.05) is 31.2 Å². The number of nitrogens with zero attached hydrogens (tertiary/aromatic N) is 1. The fraction of sp³-hybridized carbons (Fsp3) is 0.300. The van der Waals surface area contributed by atoms with Crippen LogP contribution in [-0.2, 0) is 11.2 Å². The number of benzene rings is 2. The van der Waals surface area contributed by atoms with Crippen LogP contribution in [-0.4, -0.2) is 49.2 Å². The van der Waals surface area contributed by atoms with Gasteiger partial charge in [-0.15, -0.1) is 0 Å². The Kier molecular flexibility index (Phi) is 6.60. The molecule has 2 aromatic rings. The lowest BCUT2D eigenvalue weighted by Crippen LogP contribution is -2.37. The molecule has 2 aromatic carbocycles. The number of carboxylic acids is 1. The van der Waals surface area contributed by atoms with Crippen molar-refractivity contribution in [2.45, 2.75) is 13.3 Å². The number of carbonyl (C=O) groups excluding carboxylic acids is 1. The molecule has 1 amide bonds. The number of amides is 1. The maximum absolute atomic E-state index is 12.7. The number of hydrogen-bond acceptors (Lipinski definition) is 4. The Morgan fingerprint density at radius 1 is 1.00 bits per heavy atom. The highest BCUT2D eigenvalue weighted by atomic mass is 16.5. The van der Waals surface area contributed by atoms with E-state index in [0.717, 1.165) is 11.1 Å². The van der Waals surface area contributed by atoms with Gasteiger partial charge in [0.25, 0.3) is 5.91 Å². The van der Waals surface area contributed by atoms with Gasteiger partial charge in [-0.1, -0.05) is 23.8 Å². The number of methoxy groups -OCH3 is 2. The molecule has 0 unspecified atom stereocenters. The van der Waals surface area contributed by atoms with Crippen molar-refractivity contribution in [1.29, 1.82) is 0 Å². The maximum atomic E-state index is 12.7. The molecule has 0 spiro atoms. The minimum atomic E-state index is -1.04. The highest BCUT2D eigenvalue weighted by Gasteiger charge is 2.18. The smallest absolute Gasteiger partial charge is 0.323 e. The Bertz CT molecular complexity index is 770. The van der Waals surface area contributed by atoms with Gasteiger partial charge < -0.3 is 19.5 Å². The number of aryl methyl sites for hydroxylation is 1. The fourth-order valence-corrected chi connectivity index (χ4v) is 2.59. The van der Waals surface area contributed by atoms with Crippen LogP contribution in [0.25, 0.3) is 0 Å². The molecule has 0 aliphatic heterocycles. The molecule has 0 saturated heterocycles. The molecule has 26 heavy (non-hydrogen) atoms. The third-order valence-corrected chi connectivity index (χ3v) is 4.03. The molecule has 0 aliphatic carbocycles. The van der Waals surface area contributed by atoms with Crippen LogP contribution >= 0.6 is 0 Å². The van der Waals surface area contributed by atoms with Gasteiger partial charge in [-0.05, 0) is 43.2 Å². The van der Waals surface area contributed by atoms with E-state index >= 15 is 0 Å². The van der Waals surface area contributed by atoms with Gasteiger partial charge in [0, 0.05) is 12.1 Å². The summed E-state index contributed by atoms with van der Waals surface area (Å²) in [5, 5.41) is 9.14. The minimum absolute atomic E-state index is 0.286. The van der Waals surface area contributed by atoms with E-state index in [1.54, 1.807) is 32.4 Å². The van der Waals surface area contributed by atoms with Gasteiger partial charge >= 0.3 is 5.97 Å². The third kappa shape index (κ3) is 4.99. The second-order valence-corrected chi connectivity index (χ2v) is 5.93. The number of carbonyl (C=O) groups is 2. The molecule has 6 nitrogen and oxygen atoms in total. The van der Waals surface area contributed by atoms with Crippen LogP contribution in [0.4, 0.5) is 0 Å². The normalized spacial score (nSPS) is 10.3. The number of hydrogen-bond donors (Lipinski definition) is 1. The van der Waals surface area contributed by atoms with E-state index in [9.17, 15) is 9.59 Å². The molecule has 0 atom stereocenters. The SMILES string of the molecule is COc1ccc(CCN(CC(=O)O)C(=O)c2ccc(C)cc2)cc1OC. The van der Waals surface area contributed by atoms with E-state index < -0.39 is 5.97 Å². The first-order chi connectivity index (χ1) is 12.4. The molecule has 138 valence electrons. The lowest BCUT2D eigenvalue weighted by molar-refractivity contribution is -0.137. The minimum Gasteiger partial charge on any atom is -0.493 e. The summed E-state index contributed by atoms with van der Waals surface area (Å²) in [5.74, 6) is -0.125. The van der Waals surface area contributed by atoms with Crippen LogP contribution in [0.2, 0.25) is 0 Å². The van der Waals surface area contributed by atoms with Crippen molar-refractivity contribution < 1.29 is 24.2 Å². The molecule has 0 fully saturated rings. The summed E-state index contributed by atoms with van der Waals surface area (Å²) < 4.78 is 10.5. The summed E-state index contributed by atoms with van der Waals surface area (Å²) >= 11 is 0. The molecule has 0 heterocycles. The Balaban J connectivity index is 2.14. The number of carboxylic acid groups (broad SMARTS) is 1. The molecule has 0 aromatic heterocycles. The largest absolute Gasteiger partial charge is 0.493 e. The van der Waals surface area contributed by atoms with Gasteiger partial charge in [0.05, 0.1) is 14.2 Å². The van der Waals surface area contributed by atoms with Crippen LogP contribution in [0, 0.1) is 6.92 Å². The standard InChI is InChI=1S/C20H23NO5/c1-14-4-7-16(8-5-14)20(24)21(13-19(22)23)11-10-15-6-9-17(25-2)18(12-15)26-3/h4-9,12H,10-11,13H2,1-3H3,(H,22,23). The molecular formula is C20H23NO5. The molecule has 6 heteroatoms. The van der Waals surface area contributed by atoms with Gasteiger partial charge in [0.2, 0.25) is 0 Å². The first-order valence-corrected chi connectivity index (χ1v) is 8.23. The van der Waals surface area contributed by atoms with Crippen LogP contribution in [0.3, 0.4) is 0 Å². The Morgan fingerprint density at radius 3 is 2.23 bits per heavy atom. The summed E-state index contributed by atoms with van der Waals surface area (Å²) in [6.45, 7) is 1.87. The number of aliphatic carboxylic acids is 1. The van der Waals surface area contributed by atoms with E-state index in [4.69, 9.17) is 14.6 Å². The van der Waals surface area contributed by atoms with Crippen molar-refractivity contribution in [3.8, 4) is 11.5 Å². The first kappa shape index (κ1) is 19.3. The van der Waals surface area contributed by atoms with E-state index in [0.29, 0.717) is 23.5 Å². The zero-order chi connectivity index (χ0) is 19.1. The summed E-state index contributed by atoms with van der Waals surface area (Å²) in [6.07, 6.45) is 0.505. The monoisotopic (exact) mass is 357 g/mol. The van der Waals surface area contributed by atoms with Crippen LogP contribution in [0.15, 0.2) is 42.5 Å². The zero-order valence-corrected chi connectivity index (χ0v) is 15.2. The Morgan fingerprint density at radius 2 is 1.65 bits per heavy atom. The van der Waals surface area contributed by atoms with Crippen molar-refractivity contribution in [1.82, 2.24) is 4.90 Å². The predicted molar refractivity (Wildman–Crippen MR) is 98.0 cm³/mol. The van der Waals surface area contributed by atoms with Crippen LogP contribution in [0.5, 0.6) is 11.5 Å². The summed E-state index contributed by atoms with van der Waals surface area (Å²) in [6, 6.07) is 12.6. The van der Waals surface area contributed by atoms with Crippen molar-refractivity contribution in [2.24, 2.45) is 0 Å². The maximum Gasteiger partial charge on any atom is 0.323 e. The lowest BCUT2D eigenvalue weighted by Gasteiger charge is -2.21. The molecule has 2 rings (SSSR count). The summed E-state index contributed by atoms with van der Waals surface area (Å²) in [4.78, 5) is 25.2. The van der Waals surface area contributed by atoms with Gasteiger partial charge in [0.1, 0.15) is 6.54 Å². The van der Waals surface area contributed by atoms with Crippen LogP contribution in [0.1, 0.15) is 21.5 Å². The number of ether oxygens (including phenoxy) is 2. The van der Waals surface area contributed by atoms with Crippen molar-refractivity contribution in [3.05, 3.63) is 59.2 Å². The topological polar surface area (TPSA) is 76.1 Å². The zero-order valence-electron chi connectivity index (χ0n) is 15.2. The van der Waals surface area contributed by atoms with Gasteiger partial charge in [-0.3, -0.25) is 9.59 Å². The Hall–Kier alpha value is -3.02. The highest BCUT2D eigenvalue weighted by Crippen LogP contribution is 2.27. The molecule has 0 radical (unpaired) electrons. The Labute approximate surface area is 153 Å². The fourth-order valence-electron chi connectivity index (χ4n) is 2.59. The second kappa shape index (κ2) is 8.89. The van der Waals surface area contributed by atoms with Gasteiger partial charge in [-0.2, -0.15) is 0 Å². The highest BCUT2D eigenvalue weighted by molar-refractivity contribution is 5.95. The third-order valence-electron chi connectivity index (χ3n) is 4.03. The van der Waals surface area contributed by atoms with Crippen molar-refractivity contribution in [2.75, 3.05) is 27.3 Å². The first-order valence-electron chi connectivity index (χ1n) is 8.23. The average Bonchev–Trinajstić information content (AvgIpc) is 2.64. The van der Waals surface area contributed by atoms with E-state index in [1.165, 1.54) is 4.90 Å². The van der Waals surface area contributed by atoms with Crippen molar-refractivity contribution in [3.63, 3.8) is 0 Å². The molecular weight excluding hydrogens is 334 g/mol. The lowest BCUT2D eigenvalue weighted by atomic mass is 10.1. The van der Waals surface area contributed by atoms with Gasteiger partial charge in [-0.25, -0.2) is 0 Å². The van der Waals surface area contributed by atoms with Crippen LogP contribution < -0.4 is 9.47 Å². The summed E-state index contributed by atoms with van der Waals surface area (Å²) in [5.41, 5.74) is 2.44. The van der Waals surface area contributed by atoms with E-state index in [-0.39, 0.29) is 19.0 Å². The summed E-state index contributed by atoms with van der Waals surface area (Å²) in [7, 11) is 3.12. The van der Waals surface area contributed by atoms with E-state index in [2.05, 4.69) is 0 Å².